The fourth-order valence-corrected chi connectivity index (χ4v) is 2.42. The Hall–Kier alpha value is -3.02. The predicted molar refractivity (Wildman–Crippen MR) is 108 cm³/mol. The molecule has 0 unspecified atom stereocenters. The molecular formula is C21H27N3O3. The fourth-order valence-electron chi connectivity index (χ4n) is 2.42. The van der Waals surface area contributed by atoms with Crippen molar-refractivity contribution in [2.45, 2.75) is 32.6 Å². The Balaban J connectivity index is 1.71. The van der Waals surface area contributed by atoms with Gasteiger partial charge in [0.2, 0.25) is 0 Å². The molecule has 2 aromatic rings. The molecule has 0 saturated carbocycles. The van der Waals surface area contributed by atoms with Gasteiger partial charge >= 0.3 is 6.03 Å². The van der Waals surface area contributed by atoms with Crippen molar-refractivity contribution in [1.29, 1.82) is 0 Å². The van der Waals surface area contributed by atoms with Crippen LogP contribution >= 0.6 is 0 Å². The van der Waals surface area contributed by atoms with E-state index in [1.807, 2.05) is 36.4 Å². The summed E-state index contributed by atoms with van der Waals surface area (Å²) in [5.41, 5.74) is 9.24. The highest BCUT2D eigenvalue weighted by atomic mass is 16.5. The number of urea groups is 1. The molecule has 6 nitrogen and oxygen atoms in total. The van der Waals surface area contributed by atoms with E-state index in [0.29, 0.717) is 19.1 Å². The molecule has 0 radical (unpaired) electrons. The number of primary amides is 1. The van der Waals surface area contributed by atoms with E-state index in [1.54, 1.807) is 0 Å². The third-order valence-corrected chi connectivity index (χ3v) is 4.13. The number of carbonyl (C=O) groups is 1. The first-order valence-electron chi connectivity index (χ1n) is 9.12. The summed E-state index contributed by atoms with van der Waals surface area (Å²) in [6.07, 6.45) is 3.41. The molecule has 2 amide bonds. The second kappa shape index (κ2) is 10.9. The second-order valence-corrected chi connectivity index (χ2v) is 6.24. The van der Waals surface area contributed by atoms with Crippen LogP contribution in [-0.2, 0) is 0 Å². The molecule has 1 atom stereocenters. The predicted octanol–water partition coefficient (Wildman–Crippen LogP) is 4.05. The van der Waals surface area contributed by atoms with Gasteiger partial charge in [0.1, 0.15) is 11.5 Å². The Labute approximate surface area is 160 Å². The fraction of sp³-hybridized carbons (Fsp3) is 0.333. The van der Waals surface area contributed by atoms with Gasteiger partial charge in [-0.1, -0.05) is 38.1 Å². The van der Waals surface area contributed by atoms with Crippen LogP contribution < -0.4 is 20.6 Å². The summed E-state index contributed by atoms with van der Waals surface area (Å²) in [7, 11) is 0. The summed E-state index contributed by atoms with van der Waals surface area (Å²) < 4.78 is 11.5. The number of rotatable bonds is 10. The van der Waals surface area contributed by atoms with E-state index in [2.05, 4.69) is 36.5 Å². The Bertz CT molecular complexity index is 745. The number of amides is 2. The maximum atomic E-state index is 10.6. The molecule has 0 aliphatic heterocycles. The standard InChI is InChI=1S/C21H27N3O3/c1-3-16(2)18-8-10-19(11-9-18)26-12-5-13-27-20-7-4-6-17(14-20)15-23-24-21(22)25/h4,6-11,14-16H,3,5,12-13H2,1-2H3,(H3,22,24,25)/b23-15-/t16-/m0/s1. The molecule has 0 heterocycles. The van der Waals surface area contributed by atoms with Crippen LogP contribution in [0.3, 0.4) is 0 Å². The van der Waals surface area contributed by atoms with Gasteiger partial charge < -0.3 is 15.2 Å². The van der Waals surface area contributed by atoms with Crippen LogP contribution in [0, 0.1) is 0 Å². The summed E-state index contributed by atoms with van der Waals surface area (Å²) in [4.78, 5) is 10.6. The van der Waals surface area contributed by atoms with Gasteiger partial charge in [-0.05, 0) is 47.7 Å². The maximum Gasteiger partial charge on any atom is 0.332 e. The quantitative estimate of drug-likeness (QED) is 0.376. The minimum absolute atomic E-state index is 0.547. The first-order valence-corrected chi connectivity index (χ1v) is 9.12. The average Bonchev–Trinajstić information content (AvgIpc) is 2.67. The number of hydrogen-bond acceptors (Lipinski definition) is 4. The SMILES string of the molecule is CC[C@H](C)c1ccc(OCCCOc2cccc(/C=N\NC(N)=O)c2)cc1. The molecule has 144 valence electrons. The summed E-state index contributed by atoms with van der Waals surface area (Å²) in [6.45, 7) is 5.55. The number of nitrogens with zero attached hydrogens (tertiary/aromatic N) is 1. The smallest absolute Gasteiger partial charge is 0.332 e. The molecule has 27 heavy (non-hydrogen) atoms. The van der Waals surface area contributed by atoms with Gasteiger partial charge in [0, 0.05) is 6.42 Å². The number of hydrazone groups is 1. The van der Waals surface area contributed by atoms with Crippen LogP contribution in [0.1, 0.15) is 43.7 Å². The van der Waals surface area contributed by atoms with Crippen molar-refractivity contribution < 1.29 is 14.3 Å². The van der Waals surface area contributed by atoms with Crippen molar-refractivity contribution in [3.05, 3.63) is 59.7 Å². The molecule has 0 fully saturated rings. The zero-order chi connectivity index (χ0) is 19.5. The van der Waals surface area contributed by atoms with Crippen LogP contribution in [0.25, 0.3) is 0 Å². The number of carbonyl (C=O) groups excluding carboxylic acids is 1. The lowest BCUT2D eigenvalue weighted by atomic mass is 9.99. The van der Waals surface area contributed by atoms with Gasteiger partial charge in [-0.25, -0.2) is 10.2 Å². The molecule has 3 N–H and O–H groups in total. The van der Waals surface area contributed by atoms with E-state index >= 15 is 0 Å². The van der Waals surface area contributed by atoms with E-state index in [0.717, 1.165) is 29.9 Å². The largest absolute Gasteiger partial charge is 0.493 e. The lowest BCUT2D eigenvalue weighted by molar-refractivity contribution is 0.247. The lowest BCUT2D eigenvalue weighted by Crippen LogP contribution is -2.24. The topological polar surface area (TPSA) is 85.9 Å². The van der Waals surface area contributed by atoms with Crippen LogP contribution in [0.4, 0.5) is 4.79 Å². The number of hydrogen-bond donors (Lipinski definition) is 2. The molecular weight excluding hydrogens is 342 g/mol. The zero-order valence-corrected chi connectivity index (χ0v) is 15.9. The van der Waals surface area contributed by atoms with Crippen LogP contribution in [0.2, 0.25) is 0 Å². The van der Waals surface area contributed by atoms with E-state index in [9.17, 15) is 4.79 Å². The van der Waals surface area contributed by atoms with E-state index in [-0.39, 0.29) is 0 Å². The Morgan fingerprint density at radius 3 is 2.52 bits per heavy atom. The van der Waals surface area contributed by atoms with Gasteiger partial charge in [-0.2, -0.15) is 5.10 Å². The summed E-state index contributed by atoms with van der Waals surface area (Å²) in [5, 5.41) is 3.72. The molecule has 0 saturated heterocycles. The average molecular weight is 369 g/mol. The first kappa shape index (κ1) is 20.3. The maximum absolute atomic E-state index is 10.6. The van der Waals surface area contributed by atoms with E-state index < -0.39 is 6.03 Å². The molecule has 2 rings (SSSR count). The van der Waals surface area contributed by atoms with E-state index in [4.69, 9.17) is 15.2 Å². The van der Waals surface area contributed by atoms with Gasteiger partial charge in [-0.15, -0.1) is 0 Å². The molecule has 0 aromatic heterocycles. The molecule has 0 aliphatic carbocycles. The normalized spacial score (nSPS) is 11.9. The molecule has 6 heteroatoms. The number of benzene rings is 2. The molecule has 0 bridgehead atoms. The second-order valence-electron chi connectivity index (χ2n) is 6.24. The van der Waals surface area contributed by atoms with Gasteiger partial charge in [0.25, 0.3) is 0 Å². The highest BCUT2D eigenvalue weighted by Crippen LogP contribution is 2.21. The van der Waals surface area contributed by atoms with Gasteiger partial charge in [-0.3, -0.25) is 0 Å². The molecule has 0 spiro atoms. The van der Waals surface area contributed by atoms with Gasteiger partial charge in [0.15, 0.2) is 0 Å². The third-order valence-electron chi connectivity index (χ3n) is 4.13. The summed E-state index contributed by atoms with van der Waals surface area (Å²) >= 11 is 0. The Morgan fingerprint density at radius 2 is 1.85 bits per heavy atom. The van der Waals surface area contributed by atoms with Gasteiger partial charge in [0.05, 0.1) is 19.4 Å². The summed E-state index contributed by atoms with van der Waals surface area (Å²) in [5.74, 6) is 2.18. The molecule has 2 aromatic carbocycles. The van der Waals surface area contributed by atoms with Crippen molar-refractivity contribution in [3.8, 4) is 11.5 Å². The Kier molecular flexibility index (Phi) is 8.16. The molecule has 0 aliphatic rings. The minimum atomic E-state index is -0.701. The van der Waals surface area contributed by atoms with Crippen molar-refractivity contribution in [2.24, 2.45) is 10.8 Å². The third kappa shape index (κ3) is 7.40. The van der Waals surface area contributed by atoms with Crippen LogP contribution in [-0.4, -0.2) is 25.5 Å². The van der Waals surface area contributed by atoms with Crippen molar-refractivity contribution in [3.63, 3.8) is 0 Å². The zero-order valence-electron chi connectivity index (χ0n) is 15.9. The van der Waals surface area contributed by atoms with Crippen molar-refractivity contribution in [1.82, 2.24) is 5.43 Å². The summed E-state index contributed by atoms with van der Waals surface area (Å²) in [6, 6.07) is 15.0. The number of ether oxygens (including phenoxy) is 2. The lowest BCUT2D eigenvalue weighted by Gasteiger charge is -2.11. The van der Waals surface area contributed by atoms with Crippen molar-refractivity contribution in [2.75, 3.05) is 13.2 Å². The minimum Gasteiger partial charge on any atom is -0.493 e. The highest BCUT2D eigenvalue weighted by Gasteiger charge is 2.03. The highest BCUT2D eigenvalue weighted by molar-refractivity contribution is 5.81. The monoisotopic (exact) mass is 369 g/mol. The number of nitrogens with one attached hydrogen (secondary N) is 1. The van der Waals surface area contributed by atoms with Crippen LogP contribution in [0.5, 0.6) is 11.5 Å². The number of nitrogens with two attached hydrogens (primary N) is 1. The van der Waals surface area contributed by atoms with Crippen molar-refractivity contribution >= 4 is 12.2 Å². The first-order chi connectivity index (χ1) is 13.1. The van der Waals surface area contributed by atoms with Crippen LogP contribution in [0.15, 0.2) is 53.6 Å². The van der Waals surface area contributed by atoms with E-state index in [1.165, 1.54) is 11.8 Å². The Morgan fingerprint density at radius 1 is 1.15 bits per heavy atom.